The fraction of sp³-hybridized carbons (Fsp3) is 0.476. The molecule has 1 aromatic heterocycles. The zero-order valence-corrected chi connectivity index (χ0v) is 15.4. The van der Waals surface area contributed by atoms with E-state index in [1.54, 1.807) is 0 Å². The largest absolute Gasteiger partial charge is 0.465 e. The summed E-state index contributed by atoms with van der Waals surface area (Å²) >= 11 is 0. The van der Waals surface area contributed by atoms with E-state index in [4.69, 9.17) is 4.42 Å². The van der Waals surface area contributed by atoms with Gasteiger partial charge in [-0.2, -0.15) is 0 Å². The fourth-order valence-electron chi connectivity index (χ4n) is 3.54. The Morgan fingerprint density at radius 1 is 1.23 bits per heavy atom. The molecule has 2 aromatic rings. The van der Waals surface area contributed by atoms with Gasteiger partial charge in [0.15, 0.2) is 0 Å². The van der Waals surface area contributed by atoms with E-state index < -0.39 is 0 Å². The number of nitrogens with zero attached hydrogens (tertiary/aromatic N) is 1. The molecule has 1 saturated heterocycles. The quantitative estimate of drug-likeness (QED) is 0.832. The van der Waals surface area contributed by atoms with Crippen LogP contribution in [0, 0.1) is 12.8 Å². The lowest BCUT2D eigenvalue weighted by Crippen LogP contribution is -2.45. The molecule has 26 heavy (non-hydrogen) atoms. The number of urea groups is 1. The van der Waals surface area contributed by atoms with E-state index in [9.17, 15) is 9.90 Å². The molecule has 1 aliphatic rings. The third kappa shape index (κ3) is 5.11. The van der Waals surface area contributed by atoms with Crippen LogP contribution in [-0.2, 0) is 13.0 Å². The monoisotopic (exact) mass is 356 g/mol. The Bertz CT molecular complexity index is 690. The maximum atomic E-state index is 12.3. The second-order valence-corrected chi connectivity index (χ2v) is 7.09. The van der Waals surface area contributed by atoms with Gasteiger partial charge in [-0.05, 0) is 56.2 Å². The van der Waals surface area contributed by atoms with E-state index in [1.165, 1.54) is 5.56 Å². The molecule has 1 unspecified atom stereocenters. The van der Waals surface area contributed by atoms with Crippen LogP contribution < -0.4 is 5.32 Å². The molecule has 0 radical (unpaired) electrons. The first-order valence-corrected chi connectivity index (χ1v) is 9.42. The Hall–Kier alpha value is -2.27. The van der Waals surface area contributed by atoms with Crippen LogP contribution >= 0.6 is 0 Å². The number of aryl methyl sites for hydroxylation is 2. The van der Waals surface area contributed by atoms with Gasteiger partial charge in [0, 0.05) is 13.1 Å². The second kappa shape index (κ2) is 8.90. The summed E-state index contributed by atoms with van der Waals surface area (Å²) in [6, 6.07) is 14.0. The lowest BCUT2D eigenvalue weighted by Gasteiger charge is -2.34. The van der Waals surface area contributed by atoms with Crippen molar-refractivity contribution in [2.24, 2.45) is 5.92 Å². The molecule has 2 heterocycles. The number of aliphatic hydroxyl groups excluding tert-OH is 1. The number of furan rings is 1. The number of amides is 2. The highest BCUT2D eigenvalue weighted by molar-refractivity contribution is 5.74. The summed E-state index contributed by atoms with van der Waals surface area (Å²) in [5, 5.41) is 13.4. The zero-order chi connectivity index (χ0) is 18.4. The number of hydrogen-bond acceptors (Lipinski definition) is 3. The van der Waals surface area contributed by atoms with Crippen molar-refractivity contribution in [3.63, 3.8) is 0 Å². The second-order valence-electron chi connectivity index (χ2n) is 7.09. The van der Waals surface area contributed by atoms with Gasteiger partial charge in [0.25, 0.3) is 0 Å². The number of aliphatic hydroxyl groups is 1. The van der Waals surface area contributed by atoms with E-state index in [-0.39, 0.29) is 18.1 Å². The lowest BCUT2D eigenvalue weighted by atomic mass is 9.88. The first-order chi connectivity index (χ1) is 12.6. The molecule has 3 rings (SSSR count). The van der Waals surface area contributed by atoms with Crippen molar-refractivity contribution in [3.05, 3.63) is 59.5 Å². The number of carbonyl (C=O) groups is 1. The van der Waals surface area contributed by atoms with E-state index in [0.29, 0.717) is 19.6 Å². The van der Waals surface area contributed by atoms with E-state index in [2.05, 4.69) is 17.4 Å². The van der Waals surface area contributed by atoms with Gasteiger partial charge in [-0.3, -0.25) is 0 Å². The van der Waals surface area contributed by atoms with Crippen LogP contribution in [0.25, 0.3) is 0 Å². The summed E-state index contributed by atoms with van der Waals surface area (Å²) in [6.07, 6.45) is 3.07. The van der Waals surface area contributed by atoms with Gasteiger partial charge in [0.1, 0.15) is 11.5 Å². The minimum atomic E-state index is -0.300. The molecule has 5 heteroatoms. The summed E-state index contributed by atoms with van der Waals surface area (Å²) in [5.74, 6) is 1.89. The number of nitrogens with one attached hydrogen (secondary N) is 1. The van der Waals surface area contributed by atoms with Gasteiger partial charge in [0.05, 0.1) is 12.6 Å². The smallest absolute Gasteiger partial charge is 0.317 e. The van der Waals surface area contributed by atoms with Gasteiger partial charge in [0.2, 0.25) is 0 Å². The number of likely N-dealkylation sites (tertiary alicyclic amines) is 1. The van der Waals surface area contributed by atoms with Gasteiger partial charge < -0.3 is 19.7 Å². The van der Waals surface area contributed by atoms with Crippen LogP contribution in [-0.4, -0.2) is 35.2 Å². The zero-order valence-electron chi connectivity index (χ0n) is 15.4. The van der Waals surface area contributed by atoms with Crippen LogP contribution in [0.2, 0.25) is 0 Å². The highest BCUT2D eigenvalue weighted by Gasteiger charge is 2.27. The summed E-state index contributed by atoms with van der Waals surface area (Å²) in [6.45, 7) is 3.68. The van der Waals surface area contributed by atoms with Crippen molar-refractivity contribution in [2.75, 3.05) is 13.1 Å². The number of piperidine rings is 1. The van der Waals surface area contributed by atoms with Gasteiger partial charge in [-0.1, -0.05) is 30.3 Å². The highest BCUT2D eigenvalue weighted by Crippen LogP contribution is 2.23. The van der Waals surface area contributed by atoms with Crippen LogP contribution in [0.1, 0.15) is 36.3 Å². The Morgan fingerprint density at radius 2 is 1.96 bits per heavy atom. The molecule has 0 spiro atoms. The van der Waals surface area contributed by atoms with Crippen molar-refractivity contribution in [2.45, 2.75) is 45.3 Å². The fourth-order valence-corrected chi connectivity index (χ4v) is 3.54. The molecule has 0 bridgehead atoms. The predicted molar refractivity (Wildman–Crippen MR) is 101 cm³/mol. The third-order valence-electron chi connectivity index (χ3n) is 5.15. The number of benzene rings is 1. The van der Waals surface area contributed by atoms with Crippen molar-refractivity contribution >= 4 is 6.03 Å². The molecule has 1 atom stereocenters. The Kier molecular flexibility index (Phi) is 6.34. The minimum absolute atomic E-state index is 0.0590. The molecule has 2 N–H and O–H groups in total. The van der Waals surface area contributed by atoms with Crippen molar-refractivity contribution < 1.29 is 14.3 Å². The molecule has 140 valence electrons. The highest BCUT2D eigenvalue weighted by atomic mass is 16.3. The minimum Gasteiger partial charge on any atom is -0.465 e. The summed E-state index contributed by atoms with van der Waals surface area (Å²) in [7, 11) is 0. The Morgan fingerprint density at radius 3 is 2.62 bits per heavy atom. The molecule has 5 nitrogen and oxygen atoms in total. The summed E-state index contributed by atoms with van der Waals surface area (Å²) < 4.78 is 5.47. The molecular formula is C21H28N2O3. The molecule has 1 aromatic carbocycles. The molecule has 0 saturated carbocycles. The van der Waals surface area contributed by atoms with E-state index in [0.717, 1.165) is 37.2 Å². The van der Waals surface area contributed by atoms with Gasteiger partial charge in [-0.25, -0.2) is 4.79 Å². The molecule has 2 amide bonds. The van der Waals surface area contributed by atoms with Gasteiger partial charge >= 0.3 is 6.03 Å². The summed E-state index contributed by atoms with van der Waals surface area (Å²) in [4.78, 5) is 14.1. The van der Waals surface area contributed by atoms with Crippen molar-refractivity contribution in [3.8, 4) is 0 Å². The third-order valence-corrected chi connectivity index (χ3v) is 5.15. The number of carbonyl (C=O) groups excluding carboxylic acids is 1. The number of hydrogen-bond donors (Lipinski definition) is 2. The standard InChI is InChI=1S/C21H28N2O3/c1-16-7-9-19(26-16)15-22-21(25)23-13-11-18(12-14-23)20(24)10-8-17-5-3-2-4-6-17/h2-7,9,18,20,24H,8,10-15H2,1H3,(H,22,25). The number of rotatable bonds is 6. The van der Waals surface area contributed by atoms with Gasteiger partial charge in [-0.15, -0.1) is 0 Å². The van der Waals surface area contributed by atoms with E-state index in [1.807, 2.05) is 42.2 Å². The first kappa shape index (κ1) is 18.5. The molecule has 1 aliphatic heterocycles. The molecular weight excluding hydrogens is 328 g/mol. The van der Waals surface area contributed by atoms with Crippen LogP contribution in [0.4, 0.5) is 4.79 Å². The maximum absolute atomic E-state index is 12.3. The van der Waals surface area contributed by atoms with Crippen molar-refractivity contribution in [1.82, 2.24) is 10.2 Å². The Labute approximate surface area is 155 Å². The normalized spacial score (nSPS) is 16.5. The summed E-state index contributed by atoms with van der Waals surface area (Å²) in [5.41, 5.74) is 1.26. The maximum Gasteiger partial charge on any atom is 0.317 e. The van der Waals surface area contributed by atoms with Crippen LogP contribution in [0.5, 0.6) is 0 Å². The molecule has 1 fully saturated rings. The van der Waals surface area contributed by atoms with Crippen LogP contribution in [0.3, 0.4) is 0 Å². The Balaban J connectivity index is 1.38. The molecule has 0 aliphatic carbocycles. The van der Waals surface area contributed by atoms with Crippen LogP contribution in [0.15, 0.2) is 46.9 Å². The topological polar surface area (TPSA) is 65.7 Å². The SMILES string of the molecule is Cc1ccc(CNC(=O)N2CCC(C(O)CCc3ccccc3)CC2)o1. The lowest BCUT2D eigenvalue weighted by molar-refractivity contribution is 0.0610. The average molecular weight is 356 g/mol. The van der Waals surface area contributed by atoms with E-state index >= 15 is 0 Å². The average Bonchev–Trinajstić information content (AvgIpc) is 3.10. The first-order valence-electron chi connectivity index (χ1n) is 9.42. The van der Waals surface area contributed by atoms with Crippen molar-refractivity contribution in [1.29, 1.82) is 0 Å². The predicted octanol–water partition coefficient (Wildman–Crippen LogP) is 3.50.